The number of sulfonamides is 1. The highest BCUT2D eigenvalue weighted by atomic mass is 35.5. The second-order valence-corrected chi connectivity index (χ2v) is 10.2. The van der Waals surface area contributed by atoms with E-state index in [1.165, 1.54) is 24.5 Å². The molecule has 4 rings (SSSR count). The first-order valence-corrected chi connectivity index (χ1v) is 12.7. The van der Waals surface area contributed by atoms with Crippen LogP contribution in [0.2, 0.25) is 5.02 Å². The Kier molecular flexibility index (Phi) is 6.79. The van der Waals surface area contributed by atoms with Crippen LogP contribution < -0.4 is 10.5 Å². The fourth-order valence-electron chi connectivity index (χ4n) is 3.70. The Hall–Kier alpha value is -3.83. The van der Waals surface area contributed by atoms with Crippen molar-refractivity contribution >= 4 is 50.0 Å². The number of anilines is 1. The molecule has 8 nitrogen and oxygen atoms in total. The van der Waals surface area contributed by atoms with Crippen LogP contribution in [0.25, 0.3) is 22.2 Å². The van der Waals surface area contributed by atoms with Crippen molar-refractivity contribution in [1.82, 2.24) is 9.97 Å². The van der Waals surface area contributed by atoms with Crippen LogP contribution >= 0.6 is 11.6 Å². The number of pyridine rings is 1. The summed E-state index contributed by atoms with van der Waals surface area (Å²) >= 11 is 6.01. The normalized spacial score (nSPS) is 11.6. The Labute approximate surface area is 209 Å². The molecule has 0 saturated carbocycles. The lowest BCUT2D eigenvalue weighted by Gasteiger charge is -2.11. The second kappa shape index (κ2) is 9.67. The van der Waals surface area contributed by atoms with Gasteiger partial charge in [-0.25, -0.2) is 22.2 Å². The minimum atomic E-state index is -3.88. The molecule has 1 amide bonds. The summed E-state index contributed by atoms with van der Waals surface area (Å²) in [4.78, 5) is 31.9. The lowest BCUT2D eigenvalue weighted by Crippen LogP contribution is -2.18. The number of carbonyl (C=O) groups is 2. The zero-order valence-electron chi connectivity index (χ0n) is 18.7. The largest absolute Gasteiger partial charge is 0.366 e. The molecular weight excluding hydrogens is 514 g/mol. The number of aromatic amines is 1. The summed E-state index contributed by atoms with van der Waals surface area (Å²) in [5.41, 5.74) is 5.18. The Morgan fingerprint density at radius 2 is 1.86 bits per heavy atom. The number of carbonyl (C=O) groups excluding carboxylic acids is 2. The number of nitrogens with one attached hydrogen (secondary N) is 2. The average Bonchev–Trinajstić information content (AvgIpc) is 3.24. The number of primary amides is 1. The maximum absolute atomic E-state index is 15.2. The van der Waals surface area contributed by atoms with Crippen molar-refractivity contribution in [1.29, 1.82) is 0 Å². The first kappa shape index (κ1) is 25.3. The minimum Gasteiger partial charge on any atom is -0.366 e. The summed E-state index contributed by atoms with van der Waals surface area (Å²) in [7, 11) is -3.88. The molecule has 0 aliphatic rings. The zero-order valence-corrected chi connectivity index (χ0v) is 20.3. The molecule has 12 heteroatoms. The number of halogens is 3. The number of nitrogens with zero attached hydrogens (tertiary/aromatic N) is 1. The number of rotatable bonds is 8. The third kappa shape index (κ3) is 4.79. The Morgan fingerprint density at radius 1 is 1.11 bits per heavy atom. The van der Waals surface area contributed by atoms with Gasteiger partial charge in [0.05, 0.1) is 27.6 Å². The third-order valence-electron chi connectivity index (χ3n) is 5.40. The van der Waals surface area contributed by atoms with Crippen LogP contribution in [0.5, 0.6) is 0 Å². The summed E-state index contributed by atoms with van der Waals surface area (Å²) in [5.74, 6) is -4.50. The minimum absolute atomic E-state index is 0.0881. The summed E-state index contributed by atoms with van der Waals surface area (Å²) in [5, 5.41) is 0.419. The fourth-order valence-corrected chi connectivity index (χ4v) is 5.05. The molecule has 0 radical (unpaired) electrons. The van der Waals surface area contributed by atoms with Crippen LogP contribution in [0.15, 0.2) is 48.8 Å². The van der Waals surface area contributed by atoms with E-state index in [1.54, 1.807) is 19.1 Å². The SMILES string of the molecule is CCCS(=O)(=O)Nc1ccc(F)c(C(=O)c2c[nH]c3ncc(-c4ccc(Cl)c(C(N)=O)c4)cc23)c1F. The number of nitrogens with two attached hydrogens (primary N) is 1. The highest BCUT2D eigenvalue weighted by Gasteiger charge is 2.26. The van der Waals surface area contributed by atoms with Crippen LogP contribution in [0, 0.1) is 11.6 Å². The van der Waals surface area contributed by atoms with Gasteiger partial charge < -0.3 is 10.7 Å². The second-order valence-electron chi connectivity index (χ2n) is 7.92. The Balaban J connectivity index is 1.79. The molecule has 0 spiro atoms. The average molecular weight is 533 g/mol. The zero-order chi connectivity index (χ0) is 26.2. The standard InChI is InChI=1S/C24H19ClF2N4O4S/c1-2-7-36(34,35)31-19-6-5-18(26)20(21(19)27)22(32)16-11-30-24-14(16)9-13(10-29-24)12-3-4-17(25)15(8-12)23(28)33/h3-6,8-11,31H,2,7H2,1H3,(H2,28,33)(H,29,30). The van der Waals surface area contributed by atoms with E-state index < -0.39 is 44.6 Å². The van der Waals surface area contributed by atoms with Gasteiger partial charge in [0.15, 0.2) is 5.82 Å². The van der Waals surface area contributed by atoms with Gasteiger partial charge in [-0.3, -0.25) is 14.3 Å². The van der Waals surface area contributed by atoms with Gasteiger partial charge >= 0.3 is 0 Å². The highest BCUT2D eigenvalue weighted by Crippen LogP contribution is 2.31. The van der Waals surface area contributed by atoms with E-state index in [4.69, 9.17) is 17.3 Å². The highest BCUT2D eigenvalue weighted by molar-refractivity contribution is 7.92. The molecule has 0 saturated heterocycles. The summed E-state index contributed by atoms with van der Waals surface area (Å²) < 4.78 is 56.0. The molecule has 2 aromatic carbocycles. The van der Waals surface area contributed by atoms with E-state index in [0.717, 1.165) is 12.1 Å². The van der Waals surface area contributed by atoms with Gasteiger partial charge in [0, 0.05) is 28.9 Å². The van der Waals surface area contributed by atoms with Crippen LogP contribution in [-0.4, -0.2) is 35.8 Å². The molecule has 0 aliphatic heterocycles. The van der Waals surface area contributed by atoms with E-state index >= 15 is 4.39 Å². The maximum Gasteiger partial charge on any atom is 0.250 e. The van der Waals surface area contributed by atoms with Gasteiger partial charge in [-0.2, -0.15) is 0 Å². The first-order valence-electron chi connectivity index (χ1n) is 10.6. The summed E-state index contributed by atoms with van der Waals surface area (Å²) in [6.45, 7) is 1.63. The van der Waals surface area contributed by atoms with Gasteiger partial charge in [-0.15, -0.1) is 0 Å². The molecule has 0 unspecified atom stereocenters. The molecule has 36 heavy (non-hydrogen) atoms. The van der Waals surface area contributed by atoms with Crippen LogP contribution in [0.1, 0.15) is 39.6 Å². The van der Waals surface area contributed by atoms with Crippen molar-refractivity contribution in [2.75, 3.05) is 10.5 Å². The lowest BCUT2D eigenvalue weighted by molar-refractivity contribution is 0.0998. The number of aromatic nitrogens is 2. The molecule has 0 fully saturated rings. The molecule has 0 atom stereocenters. The fraction of sp³-hybridized carbons (Fsp3) is 0.125. The number of H-pyrrole nitrogens is 1. The van der Waals surface area contributed by atoms with Crippen molar-refractivity contribution in [2.45, 2.75) is 13.3 Å². The Morgan fingerprint density at radius 3 is 2.56 bits per heavy atom. The van der Waals surface area contributed by atoms with Gasteiger partial charge in [0.25, 0.3) is 0 Å². The molecule has 0 bridgehead atoms. The number of ketones is 1. The predicted octanol–water partition coefficient (Wildman–Crippen LogP) is 4.64. The van der Waals surface area contributed by atoms with Crippen molar-refractivity contribution in [3.63, 3.8) is 0 Å². The number of amides is 1. The molecule has 4 aromatic rings. The number of hydrogen-bond donors (Lipinski definition) is 3. The monoisotopic (exact) mass is 532 g/mol. The first-order chi connectivity index (χ1) is 17.0. The smallest absolute Gasteiger partial charge is 0.250 e. The molecule has 0 aliphatic carbocycles. The Bertz CT molecular complexity index is 1640. The molecule has 2 aromatic heterocycles. The van der Waals surface area contributed by atoms with Gasteiger partial charge in [0.2, 0.25) is 21.7 Å². The predicted molar refractivity (Wildman–Crippen MR) is 133 cm³/mol. The van der Waals surface area contributed by atoms with Gasteiger partial charge in [0.1, 0.15) is 11.5 Å². The van der Waals surface area contributed by atoms with E-state index in [-0.39, 0.29) is 39.4 Å². The number of hydrogen-bond acceptors (Lipinski definition) is 5. The maximum atomic E-state index is 15.2. The topological polar surface area (TPSA) is 135 Å². The summed E-state index contributed by atoms with van der Waals surface area (Å²) in [6.07, 6.45) is 3.02. The van der Waals surface area contributed by atoms with Crippen molar-refractivity contribution in [3.8, 4) is 11.1 Å². The third-order valence-corrected chi connectivity index (χ3v) is 7.20. The van der Waals surface area contributed by atoms with Crippen molar-refractivity contribution < 1.29 is 26.8 Å². The molecule has 2 heterocycles. The molecular formula is C24H19ClF2N4O4S. The number of fused-ring (bicyclic) bond motifs is 1. The lowest BCUT2D eigenvalue weighted by atomic mass is 9.99. The van der Waals surface area contributed by atoms with Crippen LogP contribution in [0.3, 0.4) is 0 Å². The summed E-state index contributed by atoms with van der Waals surface area (Å²) in [6, 6.07) is 7.87. The number of benzene rings is 2. The van der Waals surface area contributed by atoms with Crippen molar-refractivity contribution in [2.24, 2.45) is 5.73 Å². The van der Waals surface area contributed by atoms with Gasteiger partial charge in [-0.05, 0) is 42.3 Å². The van der Waals surface area contributed by atoms with Crippen LogP contribution in [0.4, 0.5) is 14.5 Å². The van der Waals surface area contributed by atoms with E-state index in [2.05, 4.69) is 14.7 Å². The van der Waals surface area contributed by atoms with E-state index in [1.807, 2.05) is 0 Å². The molecule has 4 N–H and O–H groups in total. The molecule has 186 valence electrons. The van der Waals surface area contributed by atoms with E-state index in [0.29, 0.717) is 11.1 Å². The van der Waals surface area contributed by atoms with E-state index in [9.17, 15) is 22.4 Å². The van der Waals surface area contributed by atoms with Crippen LogP contribution in [-0.2, 0) is 10.0 Å². The van der Waals surface area contributed by atoms with Gasteiger partial charge in [-0.1, -0.05) is 24.6 Å². The van der Waals surface area contributed by atoms with Crippen molar-refractivity contribution in [3.05, 3.63) is 82.1 Å². The quantitative estimate of drug-likeness (QED) is 0.284.